The number of amides is 1. The van der Waals surface area contributed by atoms with Gasteiger partial charge in [-0.25, -0.2) is 0 Å². The van der Waals surface area contributed by atoms with Crippen LogP contribution in [0.1, 0.15) is 15.9 Å². The van der Waals surface area contributed by atoms with Gasteiger partial charge in [0.05, 0.1) is 5.56 Å². The van der Waals surface area contributed by atoms with Gasteiger partial charge >= 0.3 is 0 Å². The van der Waals surface area contributed by atoms with Crippen LogP contribution in [0, 0.1) is 0 Å². The van der Waals surface area contributed by atoms with E-state index >= 15 is 0 Å². The molecule has 1 heterocycles. The molecule has 7 heteroatoms. The fourth-order valence-corrected chi connectivity index (χ4v) is 2.30. The first-order chi connectivity index (χ1) is 10.4. The van der Waals surface area contributed by atoms with Gasteiger partial charge in [-0.15, -0.1) is 0 Å². The molecule has 0 aliphatic carbocycles. The van der Waals surface area contributed by atoms with E-state index in [1.54, 1.807) is 24.3 Å². The van der Waals surface area contributed by atoms with Crippen LogP contribution in [-0.4, -0.2) is 21.1 Å². The van der Waals surface area contributed by atoms with Crippen molar-refractivity contribution in [2.75, 3.05) is 0 Å². The van der Waals surface area contributed by atoms with Gasteiger partial charge in [0.2, 0.25) is 0 Å². The number of hydrogen-bond donors (Lipinski definition) is 2. The van der Waals surface area contributed by atoms with Crippen molar-refractivity contribution in [1.82, 2.24) is 9.88 Å². The molecule has 2 N–H and O–H groups in total. The van der Waals surface area contributed by atoms with Gasteiger partial charge in [0, 0.05) is 24.7 Å². The highest BCUT2D eigenvalue weighted by molar-refractivity contribution is 6.30. The molecule has 0 aliphatic rings. The number of rotatable bonds is 4. The molecule has 1 amide bonds. The lowest BCUT2D eigenvalue weighted by atomic mass is 10.1. The standard InChI is InChI=1S/C15H14Cl2N2O3/c1-19-7-6-11(13(20)15(19)22)14(21)18-12(17)8-9-2-4-10(16)5-3-9/h2-7,12,20H,8H2,1H3,(H,18,21). The number of carbonyl (C=O) groups excluding carboxylic acids is 1. The molecule has 5 nitrogen and oxygen atoms in total. The van der Waals surface area contributed by atoms with Crippen LogP contribution in [0.2, 0.25) is 5.02 Å². The molecular weight excluding hydrogens is 327 g/mol. The molecule has 0 bridgehead atoms. The number of carbonyl (C=O) groups is 1. The summed E-state index contributed by atoms with van der Waals surface area (Å²) < 4.78 is 1.18. The van der Waals surface area contributed by atoms with Gasteiger partial charge in [-0.05, 0) is 23.8 Å². The van der Waals surface area contributed by atoms with E-state index in [9.17, 15) is 14.7 Å². The molecule has 22 heavy (non-hydrogen) atoms. The molecule has 0 radical (unpaired) electrons. The maximum Gasteiger partial charge on any atom is 0.293 e. The number of aryl methyl sites for hydroxylation is 1. The van der Waals surface area contributed by atoms with Crippen molar-refractivity contribution in [2.45, 2.75) is 11.9 Å². The number of nitrogens with one attached hydrogen (secondary N) is 1. The van der Waals surface area contributed by atoms with E-state index in [1.165, 1.54) is 23.9 Å². The summed E-state index contributed by atoms with van der Waals surface area (Å²) in [7, 11) is 1.48. The van der Waals surface area contributed by atoms with E-state index in [2.05, 4.69) is 5.32 Å². The molecule has 1 atom stereocenters. The molecule has 2 aromatic rings. The van der Waals surface area contributed by atoms with Crippen molar-refractivity contribution in [1.29, 1.82) is 0 Å². The molecule has 116 valence electrons. The lowest BCUT2D eigenvalue weighted by molar-refractivity contribution is 0.0945. The zero-order valence-electron chi connectivity index (χ0n) is 11.7. The number of alkyl halides is 1. The number of hydrogen-bond acceptors (Lipinski definition) is 3. The molecule has 0 saturated carbocycles. The first kappa shape index (κ1) is 16.4. The first-order valence-corrected chi connectivity index (χ1v) is 7.28. The van der Waals surface area contributed by atoms with E-state index in [1.807, 2.05) is 0 Å². The SMILES string of the molecule is Cn1ccc(C(=O)NC(Cl)Cc2ccc(Cl)cc2)c(O)c1=O. The quantitative estimate of drug-likeness (QED) is 0.662. The molecule has 1 unspecified atom stereocenters. The molecule has 1 aromatic carbocycles. The third kappa shape index (κ3) is 3.81. The number of benzene rings is 1. The Bertz CT molecular complexity index is 741. The first-order valence-electron chi connectivity index (χ1n) is 6.46. The zero-order chi connectivity index (χ0) is 16.3. The summed E-state index contributed by atoms with van der Waals surface area (Å²) in [4.78, 5) is 23.6. The fourth-order valence-electron chi connectivity index (χ4n) is 1.90. The monoisotopic (exact) mass is 340 g/mol. The molecule has 0 spiro atoms. The summed E-state index contributed by atoms with van der Waals surface area (Å²) in [6, 6.07) is 8.43. The van der Waals surface area contributed by atoms with Crippen LogP contribution in [0.15, 0.2) is 41.3 Å². The largest absolute Gasteiger partial charge is 0.502 e. The predicted octanol–water partition coefficient (Wildman–Crippen LogP) is 2.28. The van der Waals surface area contributed by atoms with Gasteiger partial charge in [-0.1, -0.05) is 35.3 Å². The number of aromatic nitrogens is 1. The minimum atomic E-state index is -0.683. The summed E-state index contributed by atoms with van der Waals surface area (Å²) >= 11 is 11.9. The van der Waals surface area contributed by atoms with Gasteiger partial charge in [0.15, 0.2) is 5.75 Å². The van der Waals surface area contributed by atoms with Crippen molar-refractivity contribution in [2.24, 2.45) is 7.05 Å². The van der Waals surface area contributed by atoms with E-state index < -0.39 is 22.7 Å². The molecule has 1 aromatic heterocycles. The van der Waals surface area contributed by atoms with E-state index in [0.29, 0.717) is 11.4 Å². The molecular formula is C15H14Cl2N2O3. The summed E-state index contributed by atoms with van der Waals surface area (Å²) in [5, 5.41) is 12.9. The Hall–Kier alpha value is -1.98. The second-order valence-electron chi connectivity index (χ2n) is 4.77. The number of nitrogens with zero attached hydrogens (tertiary/aromatic N) is 1. The topological polar surface area (TPSA) is 71.3 Å². The Balaban J connectivity index is 2.07. The van der Waals surface area contributed by atoms with Crippen LogP contribution >= 0.6 is 23.2 Å². The van der Waals surface area contributed by atoms with Crippen LogP contribution in [0.3, 0.4) is 0 Å². The summed E-state index contributed by atoms with van der Waals surface area (Å²) in [5.74, 6) is -1.21. The maximum atomic E-state index is 12.1. The zero-order valence-corrected chi connectivity index (χ0v) is 13.2. The van der Waals surface area contributed by atoms with Crippen molar-refractivity contribution in [3.63, 3.8) is 0 Å². The highest BCUT2D eigenvalue weighted by Gasteiger charge is 2.17. The summed E-state index contributed by atoms with van der Waals surface area (Å²) in [6.07, 6.45) is 1.79. The average molecular weight is 341 g/mol. The van der Waals surface area contributed by atoms with E-state index in [0.717, 1.165) is 5.56 Å². The van der Waals surface area contributed by atoms with E-state index in [-0.39, 0.29) is 5.56 Å². The summed E-state index contributed by atoms with van der Waals surface area (Å²) in [5.41, 5.74) is -0.531. The second kappa shape index (κ2) is 6.85. The highest BCUT2D eigenvalue weighted by Crippen LogP contribution is 2.14. The van der Waals surface area contributed by atoms with Crippen molar-refractivity contribution in [3.8, 4) is 5.75 Å². The Labute approximate surface area is 137 Å². The minimum absolute atomic E-state index is 0.107. The van der Waals surface area contributed by atoms with Crippen LogP contribution < -0.4 is 10.9 Å². The maximum absolute atomic E-state index is 12.1. The van der Waals surface area contributed by atoms with Crippen molar-refractivity contribution >= 4 is 29.1 Å². The minimum Gasteiger partial charge on any atom is -0.502 e. The smallest absolute Gasteiger partial charge is 0.293 e. The van der Waals surface area contributed by atoms with Gasteiger partial charge in [0.25, 0.3) is 11.5 Å². The van der Waals surface area contributed by atoms with Crippen LogP contribution in [0.25, 0.3) is 0 Å². The predicted molar refractivity (Wildman–Crippen MR) is 85.6 cm³/mol. The number of pyridine rings is 1. The highest BCUT2D eigenvalue weighted by atomic mass is 35.5. The van der Waals surface area contributed by atoms with E-state index in [4.69, 9.17) is 23.2 Å². The fraction of sp³-hybridized carbons (Fsp3) is 0.200. The van der Waals surface area contributed by atoms with Crippen LogP contribution in [0.5, 0.6) is 5.75 Å². The Morgan fingerprint density at radius 1 is 1.32 bits per heavy atom. The van der Waals surface area contributed by atoms with Crippen molar-refractivity contribution in [3.05, 3.63) is 63.0 Å². The van der Waals surface area contributed by atoms with Crippen LogP contribution in [-0.2, 0) is 13.5 Å². The number of halogens is 2. The number of aromatic hydroxyl groups is 1. The Morgan fingerprint density at radius 3 is 2.59 bits per heavy atom. The average Bonchev–Trinajstić information content (AvgIpc) is 2.47. The van der Waals surface area contributed by atoms with Crippen molar-refractivity contribution < 1.29 is 9.90 Å². The Kier molecular flexibility index (Phi) is 5.11. The van der Waals surface area contributed by atoms with Gasteiger partial charge < -0.3 is 15.0 Å². The second-order valence-corrected chi connectivity index (χ2v) is 5.73. The molecule has 0 saturated heterocycles. The normalized spacial score (nSPS) is 12.0. The van der Waals surface area contributed by atoms with Gasteiger partial charge in [-0.2, -0.15) is 0 Å². The molecule has 0 aliphatic heterocycles. The Morgan fingerprint density at radius 2 is 1.95 bits per heavy atom. The van der Waals surface area contributed by atoms with Gasteiger partial charge in [0.1, 0.15) is 5.50 Å². The molecule has 2 rings (SSSR count). The lowest BCUT2D eigenvalue weighted by Gasteiger charge is -2.13. The van der Waals surface area contributed by atoms with Crippen LogP contribution in [0.4, 0.5) is 0 Å². The third-order valence-corrected chi connectivity index (χ3v) is 3.62. The van der Waals surface area contributed by atoms with Gasteiger partial charge in [-0.3, -0.25) is 9.59 Å². The molecule has 0 fully saturated rings. The lowest BCUT2D eigenvalue weighted by Crippen LogP contribution is -2.33. The third-order valence-electron chi connectivity index (χ3n) is 3.10. The summed E-state index contributed by atoms with van der Waals surface area (Å²) in [6.45, 7) is 0.